The lowest BCUT2D eigenvalue weighted by molar-refractivity contribution is -0.113. The van der Waals surface area contributed by atoms with Crippen molar-refractivity contribution in [3.05, 3.63) is 12.3 Å². The number of anilines is 1. The smallest absolute Gasteiger partial charge is 0.235 e. The fraction of sp³-hybridized carbons (Fsp3) is 0.556. The Balaban J connectivity index is 2.30. The zero-order chi connectivity index (χ0) is 10.6. The van der Waals surface area contributed by atoms with Crippen LogP contribution < -0.4 is 5.32 Å². The second-order valence-corrected chi connectivity index (χ2v) is 5.72. The van der Waals surface area contributed by atoms with Crippen LogP contribution in [-0.2, 0) is 4.79 Å². The summed E-state index contributed by atoms with van der Waals surface area (Å²) in [6, 6.07) is 1.72. The SMILES string of the molecule is CC(C)(C)SCC(=O)Nc1ccn[nH]1. The third-order valence-corrected chi connectivity index (χ3v) is 2.68. The molecule has 0 fully saturated rings. The Bertz CT molecular complexity index is 290. The van der Waals surface area contributed by atoms with Gasteiger partial charge in [-0.3, -0.25) is 9.89 Å². The fourth-order valence-corrected chi connectivity index (χ4v) is 1.43. The Morgan fingerprint density at radius 2 is 2.36 bits per heavy atom. The number of aromatic nitrogens is 2. The summed E-state index contributed by atoms with van der Waals surface area (Å²) in [5.74, 6) is 1.10. The number of thioether (sulfide) groups is 1. The van der Waals surface area contributed by atoms with Crippen molar-refractivity contribution in [2.45, 2.75) is 25.5 Å². The molecule has 1 heterocycles. The van der Waals surface area contributed by atoms with Gasteiger partial charge in [-0.15, -0.1) is 11.8 Å². The van der Waals surface area contributed by atoms with Crippen molar-refractivity contribution in [3.8, 4) is 0 Å². The molecule has 0 saturated carbocycles. The van der Waals surface area contributed by atoms with Gasteiger partial charge in [0.25, 0.3) is 0 Å². The van der Waals surface area contributed by atoms with Crippen molar-refractivity contribution in [1.82, 2.24) is 10.2 Å². The average molecular weight is 213 g/mol. The van der Waals surface area contributed by atoms with Gasteiger partial charge in [-0.25, -0.2) is 0 Å². The summed E-state index contributed by atoms with van der Waals surface area (Å²) in [6.45, 7) is 6.25. The molecule has 1 aromatic rings. The van der Waals surface area contributed by atoms with Gasteiger partial charge in [-0.05, 0) is 0 Å². The summed E-state index contributed by atoms with van der Waals surface area (Å²) in [5, 5.41) is 9.13. The van der Waals surface area contributed by atoms with Gasteiger partial charge in [0.15, 0.2) is 0 Å². The molecule has 4 nitrogen and oxygen atoms in total. The highest BCUT2D eigenvalue weighted by molar-refractivity contribution is 8.01. The largest absolute Gasteiger partial charge is 0.310 e. The molecule has 1 aromatic heterocycles. The Morgan fingerprint density at radius 3 is 2.86 bits per heavy atom. The average Bonchev–Trinajstić information content (AvgIpc) is 2.52. The minimum absolute atomic E-state index is 0.00539. The third kappa shape index (κ3) is 4.32. The van der Waals surface area contributed by atoms with E-state index in [0.717, 1.165) is 0 Å². The first-order valence-corrected chi connectivity index (χ1v) is 5.39. The summed E-state index contributed by atoms with van der Waals surface area (Å²) in [6.07, 6.45) is 1.60. The minimum Gasteiger partial charge on any atom is -0.310 e. The first kappa shape index (κ1) is 11.1. The van der Waals surface area contributed by atoms with Crippen molar-refractivity contribution >= 4 is 23.5 Å². The molecule has 14 heavy (non-hydrogen) atoms. The van der Waals surface area contributed by atoms with Crippen molar-refractivity contribution in [2.24, 2.45) is 0 Å². The number of hydrogen-bond donors (Lipinski definition) is 2. The molecule has 0 aliphatic heterocycles. The maximum atomic E-state index is 11.4. The van der Waals surface area contributed by atoms with E-state index in [0.29, 0.717) is 11.6 Å². The predicted molar refractivity (Wildman–Crippen MR) is 59.4 cm³/mol. The van der Waals surface area contributed by atoms with Crippen molar-refractivity contribution in [1.29, 1.82) is 0 Å². The number of carbonyl (C=O) groups is 1. The van der Waals surface area contributed by atoms with Crippen LogP contribution in [-0.4, -0.2) is 26.6 Å². The maximum Gasteiger partial charge on any atom is 0.235 e. The van der Waals surface area contributed by atoms with Crippen molar-refractivity contribution < 1.29 is 4.79 Å². The van der Waals surface area contributed by atoms with E-state index in [2.05, 4.69) is 36.3 Å². The van der Waals surface area contributed by atoms with E-state index in [1.807, 2.05) is 0 Å². The van der Waals surface area contributed by atoms with E-state index < -0.39 is 0 Å². The van der Waals surface area contributed by atoms with Gasteiger partial charge in [0.05, 0.1) is 11.9 Å². The highest BCUT2D eigenvalue weighted by Crippen LogP contribution is 2.22. The highest BCUT2D eigenvalue weighted by Gasteiger charge is 2.13. The standard InChI is InChI=1S/C9H15N3OS/c1-9(2,3)14-6-8(13)11-7-4-5-10-12-7/h4-5H,6H2,1-3H3,(H2,10,11,12,13). The van der Waals surface area contributed by atoms with Crippen LogP contribution in [0.3, 0.4) is 0 Å². The number of nitrogens with one attached hydrogen (secondary N) is 2. The van der Waals surface area contributed by atoms with Gasteiger partial charge < -0.3 is 5.32 Å². The van der Waals surface area contributed by atoms with Crippen molar-refractivity contribution in [2.75, 3.05) is 11.1 Å². The van der Waals surface area contributed by atoms with Crippen LogP contribution in [0.25, 0.3) is 0 Å². The first-order chi connectivity index (χ1) is 6.47. The molecule has 0 unspecified atom stereocenters. The van der Waals surface area contributed by atoms with Crippen LogP contribution in [0.5, 0.6) is 0 Å². The highest BCUT2D eigenvalue weighted by atomic mass is 32.2. The molecule has 0 aromatic carbocycles. The van der Waals surface area contributed by atoms with E-state index in [-0.39, 0.29) is 10.7 Å². The molecular weight excluding hydrogens is 198 g/mol. The second-order valence-electron chi connectivity index (χ2n) is 3.92. The maximum absolute atomic E-state index is 11.4. The van der Waals surface area contributed by atoms with E-state index >= 15 is 0 Å². The molecule has 0 spiro atoms. The lowest BCUT2D eigenvalue weighted by Gasteiger charge is -2.16. The topological polar surface area (TPSA) is 57.8 Å². The first-order valence-electron chi connectivity index (χ1n) is 4.40. The molecule has 2 N–H and O–H groups in total. The monoisotopic (exact) mass is 213 g/mol. The number of H-pyrrole nitrogens is 1. The van der Waals surface area contributed by atoms with Crippen LogP contribution in [0.1, 0.15) is 20.8 Å². The Hall–Kier alpha value is -0.970. The lowest BCUT2D eigenvalue weighted by atomic mass is 10.3. The minimum atomic E-state index is -0.00539. The number of hydrogen-bond acceptors (Lipinski definition) is 3. The summed E-state index contributed by atoms with van der Waals surface area (Å²) >= 11 is 1.62. The number of nitrogens with zero attached hydrogens (tertiary/aromatic N) is 1. The molecule has 0 bridgehead atoms. The molecule has 0 radical (unpaired) electrons. The molecule has 78 valence electrons. The van der Waals surface area contributed by atoms with E-state index in [1.54, 1.807) is 24.0 Å². The summed E-state index contributed by atoms with van der Waals surface area (Å²) in [7, 11) is 0. The van der Waals surface area contributed by atoms with E-state index in [1.165, 1.54) is 0 Å². The Labute approximate surface area is 87.9 Å². The number of carbonyl (C=O) groups excluding carboxylic acids is 1. The van der Waals surface area contributed by atoms with Gasteiger partial charge in [0.1, 0.15) is 5.82 Å². The molecule has 0 aliphatic rings. The molecule has 5 heteroatoms. The lowest BCUT2D eigenvalue weighted by Crippen LogP contribution is -2.19. The van der Waals surface area contributed by atoms with E-state index in [9.17, 15) is 4.79 Å². The fourth-order valence-electron chi connectivity index (χ4n) is 0.794. The van der Waals surface area contributed by atoms with Crippen LogP contribution in [0.2, 0.25) is 0 Å². The van der Waals surface area contributed by atoms with Gasteiger partial charge in [0, 0.05) is 10.8 Å². The third-order valence-electron chi connectivity index (χ3n) is 1.41. The van der Waals surface area contributed by atoms with Crippen LogP contribution in [0.15, 0.2) is 12.3 Å². The molecule has 0 atom stereocenters. The summed E-state index contributed by atoms with van der Waals surface area (Å²) in [4.78, 5) is 11.4. The molecule has 0 saturated heterocycles. The van der Waals surface area contributed by atoms with Crippen LogP contribution >= 0.6 is 11.8 Å². The quantitative estimate of drug-likeness (QED) is 0.806. The number of aromatic amines is 1. The van der Waals surface area contributed by atoms with Crippen LogP contribution in [0.4, 0.5) is 5.82 Å². The molecule has 1 amide bonds. The Morgan fingerprint density at radius 1 is 1.64 bits per heavy atom. The molecule has 1 rings (SSSR count). The van der Waals surface area contributed by atoms with Gasteiger partial charge >= 0.3 is 0 Å². The number of rotatable bonds is 3. The normalized spacial score (nSPS) is 11.4. The zero-order valence-corrected chi connectivity index (χ0v) is 9.44. The van der Waals surface area contributed by atoms with Gasteiger partial charge in [-0.1, -0.05) is 20.8 Å². The van der Waals surface area contributed by atoms with Gasteiger partial charge in [0.2, 0.25) is 5.91 Å². The van der Waals surface area contributed by atoms with Gasteiger partial charge in [-0.2, -0.15) is 5.10 Å². The molecule has 0 aliphatic carbocycles. The van der Waals surface area contributed by atoms with E-state index in [4.69, 9.17) is 0 Å². The number of amides is 1. The summed E-state index contributed by atoms with van der Waals surface area (Å²) < 4.78 is 0.116. The predicted octanol–water partition coefficient (Wildman–Crippen LogP) is 1.88. The second kappa shape index (κ2) is 4.50. The summed E-state index contributed by atoms with van der Waals surface area (Å²) in [5.41, 5.74) is 0. The molecular formula is C9H15N3OS. The van der Waals surface area contributed by atoms with Crippen LogP contribution in [0, 0.1) is 0 Å². The Kier molecular flexibility index (Phi) is 3.57. The van der Waals surface area contributed by atoms with Crippen molar-refractivity contribution in [3.63, 3.8) is 0 Å². The zero-order valence-electron chi connectivity index (χ0n) is 8.63.